The Labute approximate surface area is 156 Å². The van der Waals surface area contributed by atoms with E-state index in [1.807, 2.05) is 42.5 Å². The Morgan fingerprint density at radius 3 is 2.58 bits per heavy atom. The fourth-order valence-corrected chi connectivity index (χ4v) is 2.72. The molecular formula is C19H20N4O2S. The molecule has 134 valence electrons. The highest BCUT2D eigenvalue weighted by atomic mass is 32.1. The zero-order valence-corrected chi connectivity index (χ0v) is 15.6. The Balaban J connectivity index is 1.81. The average Bonchev–Trinajstić information content (AvgIpc) is 2.94. The topological polar surface area (TPSA) is 82.0 Å². The van der Waals surface area contributed by atoms with Gasteiger partial charge in [-0.25, -0.2) is 0 Å². The van der Waals surface area contributed by atoms with Crippen LogP contribution in [0.15, 0.2) is 52.7 Å². The van der Waals surface area contributed by atoms with Crippen molar-refractivity contribution in [3.63, 3.8) is 0 Å². The molecule has 26 heavy (non-hydrogen) atoms. The van der Waals surface area contributed by atoms with Gasteiger partial charge in [-0.2, -0.15) is 0 Å². The summed E-state index contributed by atoms with van der Waals surface area (Å²) in [7, 11) is 1.61. The fourth-order valence-electron chi connectivity index (χ4n) is 2.56. The van der Waals surface area contributed by atoms with Crippen molar-refractivity contribution in [2.45, 2.75) is 19.8 Å². The molecule has 3 rings (SSSR count). The highest BCUT2D eigenvalue weighted by Gasteiger charge is 2.12. The number of nitrogens with one attached hydrogen (secondary N) is 2. The first kappa shape index (κ1) is 17.9. The van der Waals surface area contributed by atoms with Crippen LogP contribution in [0.5, 0.6) is 11.6 Å². The number of hydrogen-bond donors (Lipinski definition) is 3. The first-order valence-corrected chi connectivity index (χ1v) is 8.60. The molecule has 1 aromatic heterocycles. The smallest absolute Gasteiger partial charge is 0.218 e. The van der Waals surface area contributed by atoms with Crippen molar-refractivity contribution in [1.82, 2.24) is 4.98 Å². The van der Waals surface area contributed by atoms with Gasteiger partial charge in [0.15, 0.2) is 5.69 Å². The molecule has 0 aliphatic rings. The molecule has 0 aliphatic heterocycles. The maximum absolute atomic E-state index is 10.1. The second kappa shape index (κ2) is 7.53. The minimum atomic E-state index is -0.0306. The normalized spacial score (nSPS) is 11.4. The number of aromatic hydroxyl groups is 1. The van der Waals surface area contributed by atoms with Crippen LogP contribution in [0.1, 0.15) is 25.3 Å². The van der Waals surface area contributed by atoms with Crippen LogP contribution in [-0.2, 0) is 0 Å². The zero-order chi connectivity index (χ0) is 18.7. The number of methoxy groups -OCH3 is 1. The summed E-state index contributed by atoms with van der Waals surface area (Å²) in [5.41, 5.74) is 3.11. The monoisotopic (exact) mass is 368 g/mol. The molecule has 0 saturated carbocycles. The van der Waals surface area contributed by atoms with Gasteiger partial charge in [0.1, 0.15) is 5.75 Å². The molecule has 7 heteroatoms. The van der Waals surface area contributed by atoms with E-state index in [2.05, 4.69) is 34.4 Å². The van der Waals surface area contributed by atoms with E-state index in [0.717, 1.165) is 27.9 Å². The Hall–Kier alpha value is -2.93. The van der Waals surface area contributed by atoms with E-state index >= 15 is 0 Å². The molecule has 0 atom stereocenters. The maximum Gasteiger partial charge on any atom is 0.218 e. The number of ether oxygens (including phenoxy) is 1. The number of nitrogens with zero attached hydrogens (tertiary/aromatic N) is 2. The Morgan fingerprint density at radius 2 is 1.92 bits per heavy atom. The lowest BCUT2D eigenvalue weighted by Crippen LogP contribution is -2.04. The molecule has 2 aromatic carbocycles. The lowest BCUT2D eigenvalue weighted by molar-refractivity contribution is 0.415. The van der Waals surface area contributed by atoms with Gasteiger partial charge < -0.3 is 20.1 Å². The van der Waals surface area contributed by atoms with Crippen LogP contribution < -0.4 is 10.1 Å². The third kappa shape index (κ3) is 3.83. The van der Waals surface area contributed by atoms with Crippen molar-refractivity contribution >= 4 is 39.6 Å². The summed E-state index contributed by atoms with van der Waals surface area (Å²) in [5.74, 6) is 1.10. The van der Waals surface area contributed by atoms with Crippen molar-refractivity contribution < 1.29 is 9.84 Å². The van der Waals surface area contributed by atoms with E-state index in [0.29, 0.717) is 11.6 Å². The first-order valence-electron chi connectivity index (χ1n) is 8.19. The van der Waals surface area contributed by atoms with Crippen molar-refractivity contribution in [3.05, 3.63) is 48.0 Å². The van der Waals surface area contributed by atoms with E-state index in [4.69, 9.17) is 17.0 Å². The Bertz CT molecular complexity index is 962. The van der Waals surface area contributed by atoms with Crippen molar-refractivity contribution in [2.75, 3.05) is 12.4 Å². The number of azo groups is 1. The molecule has 0 radical (unpaired) electrons. The number of anilines is 1. The van der Waals surface area contributed by atoms with Crippen LogP contribution >= 0.6 is 12.2 Å². The summed E-state index contributed by atoms with van der Waals surface area (Å²) in [4.78, 5) is 2.90. The van der Waals surface area contributed by atoms with Crippen molar-refractivity contribution in [2.24, 2.45) is 10.2 Å². The summed E-state index contributed by atoms with van der Waals surface area (Å²) in [5, 5.41) is 22.3. The number of H-pyrrole nitrogens is 1. The van der Waals surface area contributed by atoms with Crippen LogP contribution in [0, 0.1) is 0 Å². The Kier molecular flexibility index (Phi) is 5.18. The van der Waals surface area contributed by atoms with Gasteiger partial charge in [-0.1, -0.05) is 19.9 Å². The molecule has 0 aliphatic carbocycles. The van der Waals surface area contributed by atoms with Crippen molar-refractivity contribution in [3.8, 4) is 11.6 Å². The number of aromatic amines is 1. The molecule has 6 nitrogen and oxygen atoms in total. The minimum absolute atomic E-state index is 0.0306. The molecule has 0 saturated heterocycles. The van der Waals surface area contributed by atoms with E-state index in [1.165, 1.54) is 0 Å². The van der Waals surface area contributed by atoms with Gasteiger partial charge in [0.25, 0.3) is 0 Å². The van der Waals surface area contributed by atoms with Crippen LogP contribution in [0.2, 0.25) is 0 Å². The molecule has 0 unspecified atom stereocenters. The van der Waals surface area contributed by atoms with E-state index < -0.39 is 0 Å². The maximum atomic E-state index is 10.1. The summed E-state index contributed by atoms with van der Waals surface area (Å²) < 4.78 is 5.12. The number of rotatable bonds is 4. The number of benzene rings is 2. The van der Waals surface area contributed by atoms with Crippen LogP contribution in [0.3, 0.4) is 0 Å². The third-order valence-corrected chi connectivity index (χ3v) is 4.21. The van der Waals surface area contributed by atoms with Crippen LogP contribution in [0.25, 0.3) is 10.9 Å². The average molecular weight is 368 g/mol. The standard InChI is InChI=1S/C19H20N4O2S/c1-11(2)12-4-9-16-15(10-12)17(18(24)21-16)22-23-19(26)20-13-5-7-14(25-3)8-6-13/h4-11,21,24H,1-3H3,(H,20,26). The van der Waals surface area contributed by atoms with Gasteiger partial charge in [-0.3, -0.25) is 0 Å². The quantitative estimate of drug-likeness (QED) is 0.420. The van der Waals surface area contributed by atoms with Gasteiger partial charge in [0.05, 0.1) is 12.6 Å². The molecule has 1 heterocycles. The lowest BCUT2D eigenvalue weighted by Gasteiger charge is -2.05. The Morgan fingerprint density at radius 1 is 1.19 bits per heavy atom. The molecule has 3 N–H and O–H groups in total. The van der Waals surface area contributed by atoms with Crippen LogP contribution in [0.4, 0.5) is 11.4 Å². The predicted octanol–water partition coefficient (Wildman–Crippen LogP) is 5.49. The van der Waals surface area contributed by atoms with Gasteiger partial charge in [0, 0.05) is 11.1 Å². The molecular weight excluding hydrogens is 348 g/mol. The van der Waals surface area contributed by atoms with E-state index in [-0.39, 0.29) is 11.0 Å². The third-order valence-electron chi connectivity index (χ3n) is 4.02. The summed E-state index contributed by atoms with van der Waals surface area (Å²) >= 11 is 5.21. The van der Waals surface area contributed by atoms with Gasteiger partial charge >= 0.3 is 0 Å². The van der Waals surface area contributed by atoms with Gasteiger partial charge in [0.2, 0.25) is 11.0 Å². The lowest BCUT2D eigenvalue weighted by atomic mass is 10.0. The SMILES string of the molecule is COc1ccc(NC(=S)N=Nc2c(O)[nH]c3ccc(C(C)C)cc23)cc1. The fraction of sp³-hybridized carbons (Fsp3) is 0.211. The second-order valence-electron chi connectivity index (χ2n) is 6.14. The highest BCUT2D eigenvalue weighted by molar-refractivity contribution is 7.80. The molecule has 3 aromatic rings. The largest absolute Gasteiger partial charge is 0.497 e. The highest BCUT2D eigenvalue weighted by Crippen LogP contribution is 2.37. The second-order valence-corrected chi connectivity index (χ2v) is 6.53. The van der Waals surface area contributed by atoms with Gasteiger partial charge in [-0.15, -0.1) is 10.2 Å². The molecule has 0 fully saturated rings. The number of thiocarbonyl (C=S) groups is 1. The van der Waals surface area contributed by atoms with Gasteiger partial charge in [-0.05, 0) is 60.1 Å². The minimum Gasteiger partial charge on any atom is -0.497 e. The number of hydrogen-bond acceptors (Lipinski definition) is 4. The zero-order valence-electron chi connectivity index (χ0n) is 14.8. The summed E-state index contributed by atoms with van der Waals surface area (Å²) in [6.07, 6.45) is 0. The predicted molar refractivity (Wildman–Crippen MR) is 108 cm³/mol. The first-order chi connectivity index (χ1) is 12.5. The van der Waals surface area contributed by atoms with Crippen molar-refractivity contribution in [1.29, 1.82) is 0 Å². The van der Waals surface area contributed by atoms with Crippen LogP contribution in [-0.4, -0.2) is 22.3 Å². The van der Waals surface area contributed by atoms with E-state index in [1.54, 1.807) is 7.11 Å². The summed E-state index contributed by atoms with van der Waals surface area (Å²) in [6, 6.07) is 13.3. The van der Waals surface area contributed by atoms with E-state index in [9.17, 15) is 5.11 Å². The molecule has 0 bridgehead atoms. The molecule has 0 amide bonds. The number of aromatic nitrogens is 1. The molecule has 0 spiro atoms. The summed E-state index contributed by atoms with van der Waals surface area (Å²) in [6.45, 7) is 4.23. The number of fused-ring (bicyclic) bond motifs is 1.